The summed E-state index contributed by atoms with van der Waals surface area (Å²) in [5.74, 6) is 0.632. The van der Waals surface area contributed by atoms with E-state index in [1.54, 1.807) is 0 Å². The molecule has 2 aromatic rings. The van der Waals surface area contributed by atoms with Crippen LogP contribution in [0.25, 0.3) is 0 Å². The molecule has 0 radical (unpaired) electrons. The number of aryl methyl sites for hydroxylation is 3. The molecule has 0 aliphatic rings. The van der Waals surface area contributed by atoms with Gasteiger partial charge in [-0.05, 0) is 69.5 Å². The zero-order chi connectivity index (χ0) is 18.4. The van der Waals surface area contributed by atoms with Crippen LogP contribution in [0.5, 0.6) is 5.75 Å². The summed E-state index contributed by atoms with van der Waals surface area (Å²) in [6.45, 7) is 12.2. The molecule has 0 aromatic heterocycles. The molecule has 2 aromatic carbocycles. The van der Waals surface area contributed by atoms with E-state index in [0.717, 1.165) is 41.2 Å². The van der Waals surface area contributed by atoms with Gasteiger partial charge in [0.2, 0.25) is 0 Å². The van der Waals surface area contributed by atoms with E-state index in [1.807, 2.05) is 51.1 Å². The number of rotatable bonds is 7. The van der Waals surface area contributed by atoms with Crippen molar-refractivity contribution >= 4 is 17.3 Å². The Bertz CT molecular complexity index is 716. The number of hydrogen-bond donors (Lipinski definition) is 1. The number of benzene rings is 2. The lowest BCUT2D eigenvalue weighted by molar-refractivity contribution is -0.118. The quantitative estimate of drug-likeness (QED) is 0.808. The maximum absolute atomic E-state index is 12.2. The molecule has 0 saturated carbocycles. The molecule has 0 fully saturated rings. The second-order valence-corrected chi connectivity index (χ2v) is 6.23. The van der Waals surface area contributed by atoms with E-state index in [0.29, 0.717) is 0 Å². The Hall–Kier alpha value is -2.49. The lowest BCUT2D eigenvalue weighted by Gasteiger charge is -2.22. The van der Waals surface area contributed by atoms with Crippen LogP contribution in [0, 0.1) is 20.8 Å². The minimum atomic E-state index is -0.152. The van der Waals surface area contributed by atoms with Gasteiger partial charge in [-0.25, -0.2) is 0 Å². The number of carbonyl (C=O) groups excluding carboxylic acids is 1. The third kappa shape index (κ3) is 4.75. The fourth-order valence-electron chi connectivity index (χ4n) is 2.92. The highest BCUT2D eigenvalue weighted by Crippen LogP contribution is 2.24. The fraction of sp³-hybridized carbons (Fsp3) is 0.381. The van der Waals surface area contributed by atoms with Crippen LogP contribution < -0.4 is 15.0 Å². The Morgan fingerprint density at radius 1 is 1.00 bits per heavy atom. The molecule has 0 bridgehead atoms. The van der Waals surface area contributed by atoms with E-state index in [4.69, 9.17) is 4.74 Å². The normalized spacial score (nSPS) is 10.4. The molecule has 4 heteroatoms. The van der Waals surface area contributed by atoms with Crippen LogP contribution in [0.4, 0.5) is 11.4 Å². The predicted molar refractivity (Wildman–Crippen MR) is 105 cm³/mol. The molecule has 0 spiro atoms. The zero-order valence-electron chi connectivity index (χ0n) is 15.8. The number of hydrogen-bond acceptors (Lipinski definition) is 3. The van der Waals surface area contributed by atoms with Crippen LogP contribution in [0.1, 0.15) is 30.5 Å². The van der Waals surface area contributed by atoms with Gasteiger partial charge < -0.3 is 15.0 Å². The molecular formula is C21H28N2O2. The van der Waals surface area contributed by atoms with Gasteiger partial charge in [-0.1, -0.05) is 18.2 Å². The minimum Gasteiger partial charge on any atom is -0.483 e. The van der Waals surface area contributed by atoms with E-state index < -0.39 is 0 Å². The lowest BCUT2D eigenvalue weighted by Crippen LogP contribution is -2.23. The predicted octanol–water partition coefficient (Wildman–Crippen LogP) is 4.48. The Morgan fingerprint density at radius 3 is 2.20 bits per heavy atom. The highest BCUT2D eigenvalue weighted by molar-refractivity contribution is 5.92. The molecule has 1 amide bonds. The molecule has 0 aliphatic carbocycles. The number of carbonyl (C=O) groups is 1. The zero-order valence-corrected chi connectivity index (χ0v) is 15.8. The number of ether oxygens (including phenoxy) is 1. The monoisotopic (exact) mass is 340 g/mol. The van der Waals surface area contributed by atoms with Crippen molar-refractivity contribution in [3.63, 3.8) is 0 Å². The third-order valence-electron chi connectivity index (χ3n) is 4.37. The molecule has 2 rings (SSSR count). The summed E-state index contributed by atoms with van der Waals surface area (Å²) in [5.41, 5.74) is 5.11. The highest BCUT2D eigenvalue weighted by atomic mass is 16.5. The summed E-state index contributed by atoms with van der Waals surface area (Å²) in [7, 11) is 0. The van der Waals surface area contributed by atoms with Crippen molar-refractivity contribution in [2.75, 3.05) is 29.9 Å². The van der Waals surface area contributed by atoms with Crippen LogP contribution in [0.2, 0.25) is 0 Å². The van der Waals surface area contributed by atoms with Gasteiger partial charge in [0.05, 0.1) is 0 Å². The topological polar surface area (TPSA) is 41.6 Å². The smallest absolute Gasteiger partial charge is 0.262 e. The van der Waals surface area contributed by atoms with E-state index in [2.05, 4.69) is 30.1 Å². The van der Waals surface area contributed by atoms with E-state index >= 15 is 0 Å². The van der Waals surface area contributed by atoms with Crippen LogP contribution in [-0.2, 0) is 4.79 Å². The molecule has 0 aliphatic heterocycles. The standard InChI is InChI=1S/C21H28N2O2/c1-6-23(7-2)18-11-12-19(17(5)13-18)22-20(24)14-25-21-15(3)9-8-10-16(21)4/h8-13H,6-7,14H2,1-5H3,(H,22,24). The average molecular weight is 340 g/mol. The lowest BCUT2D eigenvalue weighted by atomic mass is 10.1. The Balaban J connectivity index is 2.01. The summed E-state index contributed by atoms with van der Waals surface area (Å²) in [6, 6.07) is 12.1. The average Bonchev–Trinajstić information content (AvgIpc) is 2.58. The largest absolute Gasteiger partial charge is 0.483 e. The highest BCUT2D eigenvalue weighted by Gasteiger charge is 2.10. The van der Waals surface area contributed by atoms with E-state index in [1.165, 1.54) is 5.69 Å². The maximum Gasteiger partial charge on any atom is 0.262 e. The molecular weight excluding hydrogens is 312 g/mol. The molecule has 4 nitrogen and oxygen atoms in total. The number of anilines is 2. The van der Waals surface area contributed by atoms with Gasteiger partial charge in [-0.3, -0.25) is 4.79 Å². The van der Waals surface area contributed by atoms with Crippen molar-refractivity contribution in [2.24, 2.45) is 0 Å². The Kier molecular flexibility index (Phi) is 6.45. The molecule has 0 saturated heterocycles. The first-order chi connectivity index (χ1) is 12.0. The Morgan fingerprint density at radius 2 is 1.64 bits per heavy atom. The first kappa shape index (κ1) is 18.8. The summed E-state index contributed by atoms with van der Waals surface area (Å²) in [5, 5.41) is 2.94. The van der Waals surface area contributed by atoms with Gasteiger partial charge in [0.25, 0.3) is 5.91 Å². The first-order valence-electron chi connectivity index (χ1n) is 8.80. The van der Waals surface area contributed by atoms with Crippen LogP contribution in [-0.4, -0.2) is 25.6 Å². The summed E-state index contributed by atoms with van der Waals surface area (Å²) in [4.78, 5) is 14.5. The second-order valence-electron chi connectivity index (χ2n) is 6.23. The number of para-hydroxylation sites is 1. The first-order valence-corrected chi connectivity index (χ1v) is 8.80. The van der Waals surface area contributed by atoms with Crippen molar-refractivity contribution < 1.29 is 9.53 Å². The SMILES string of the molecule is CCN(CC)c1ccc(NC(=O)COc2c(C)cccc2C)c(C)c1. The van der Waals surface area contributed by atoms with Gasteiger partial charge in [0.15, 0.2) is 6.61 Å². The number of nitrogens with zero attached hydrogens (tertiary/aromatic N) is 1. The Labute approximate surface area is 150 Å². The van der Waals surface area contributed by atoms with E-state index in [9.17, 15) is 4.79 Å². The molecule has 25 heavy (non-hydrogen) atoms. The minimum absolute atomic E-state index is 0.00291. The summed E-state index contributed by atoms with van der Waals surface area (Å²) < 4.78 is 5.72. The molecule has 0 unspecified atom stereocenters. The van der Waals surface area contributed by atoms with Crippen LogP contribution >= 0.6 is 0 Å². The van der Waals surface area contributed by atoms with E-state index in [-0.39, 0.29) is 12.5 Å². The molecule has 1 N–H and O–H groups in total. The van der Waals surface area contributed by atoms with Gasteiger partial charge in [-0.15, -0.1) is 0 Å². The summed E-state index contributed by atoms with van der Waals surface area (Å²) in [6.07, 6.45) is 0. The fourth-order valence-corrected chi connectivity index (χ4v) is 2.92. The number of nitrogens with one attached hydrogen (secondary N) is 1. The third-order valence-corrected chi connectivity index (χ3v) is 4.37. The molecule has 0 heterocycles. The van der Waals surface area contributed by atoms with Crippen LogP contribution in [0.3, 0.4) is 0 Å². The van der Waals surface area contributed by atoms with Gasteiger partial charge in [-0.2, -0.15) is 0 Å². The van der Waals surface area contributed by atoms with Crippen molar-refractivity contribution in [2.45, 2.75) is 34.6 Å². The van der Waals surface area contributed by atoms with Gasteiger partial charge in [0.1, 0.15) is 5.75 Å². The van der Waals surface area contributed by atoms with Gasteiger partial charge >= 0.3 is 0 Å². The van der Waals surface area contributed by atoms with Crippen molar-refractivity contribution in [3.8, 4) is 5.75 Å². The molecule has 0 atom stereocenters. The number of amides is 1. The van der Waals surface area contributed by atoms with Crippen LogP contribution in [0.15, 0.2) is 36.4 Å². The van der Waals surface area contributed by atoms with Crippen molar-refractivity contribution in [1.29, 1.82) is 0 Å². The maximum atomic E-state index is 12.2. The second kappa shape index (κ2) is 8.56. The van der Waals surface area contributed by atoms with Crippen molar-refractivity contribution in [1.82, 2.24) is 0 Å². The van der Waals surface area contributed by atoms with Gasteiger partial charge in [0, 0.05) is 24.5 Å². The molecule has 134 valence electrons. The summed E-state index contributed by atoms with van der Waals surface area (Å²) >= 11 is 0. The van der Waals surface area contributed by atoms with Crippen molar-refractivity contribution in [3.05, 3.63) is 53.1 Å².